The topological polar surface area (TPSA) is 76.9 Å². The summed E-state index contributed by atoms with van der Waals surface area (Å²) in [5, 5.41) is 3.44. The Labute approximate surface area is 125 Å². The minimum absolute atomic E-state index is 0.114. The second-order valence-electron chi connectivity index (χ2n) is 4.87. The molecule has 1 unspecified atom stereocenters. The zero-order valence-electron chi connectivity index (χ0n) is 11.4. The van der Waals surface area contributed by atoms with E-state index in [4.69, 9.17) is 0 Å². The van der Waals surface area contributed by atoms with E-state index in [0.29, 0.717) is 16.7 Å². The van der Waals surface area contributed by atoms with Gasteiger partial charge < -0.3 is 5.32 Å². The Bertz CT molecular complexity index is 744. The Hall–Kier alpha value is -2.15. The number of thioether (sulfide) groups is 1. The number of amides is 1. The van der Waals surface area contributed by atoms with Gasteiger partial charge >= 0.3 is 0 Å². The Morgan fingerprint density at radius 1 is 1.43 bits per heavy atom. The fourth-order valence-electron chi connectivity index (χ4n) is 2.25. The number of carbonyl (C=O) groups excluding carboxylic acids is 1. The van der Waals surface area contributed by atoms with Gasteiger partial charge in [-0.25, -0.2) is 9.97 Å². The highest BCUT2D eigenvalue weighted by Crippen LogP contribution is 2.31. The van der Waals surface area contributed by atoms with Crippen molar-refractivity contribution in [3.05, 3.63) is 46.5 Å². The van der Waals surface area contributed by atoms with Gasteiger partial charge in [0.15, 0.2) is 5.16 Å². The maximum atomic E-state index is 12.1. The fraction of sp³-hybridized carbons (Fsp3) is 0.286. The van der Waals surface area contributed by atoms with Crippen molar-refractivity contribution in [3.8, 4) is 0 Å². The van der Waals surface area contributed by atoms with Gasteiger partial charge in [0.05, 0.1) is 6.04 Å². The lowest BCUT2D eigenvalue weighted by Crippen LogP contribution is -2.27. The zero-order chi connectivity index (χ0) is 14.8. The summed E-state index contributed by atoms with van der Waals surface area (Å²) in [4.78, 5) is 32.2. The number of aromatic nitrogens is 3. The van der Waals surface area contributed by atoms with Crippen molar-refractivity contribution in [3.63, 3.8) is 0 Å². The predicted molar refractivity (Wildman–Crippen MR) is 80.5 cm³/mol. The van der Waals surface area contributed by atoms with E-state index < -0.39 is 0 Å². The van der Waals surface area contributed by atoms with Crippen molar-refractivity contribution in [2.24, 2.45) is 0 Å². The van der Waals surface area contributed by atoms with Crippen molar-refractivity contribution in [2.75, 3.05) is 11.1 Å². The largest absolute Gasteiger partial charge is 0.311 e. The molecule has 0 fully saturated rings. The second-order valence-corrected chi connectivity index (χ2v) is 5.86. The van der Waals surface area contributed by atoms with Gasteiger partial charge in [0, 0.05) is 30.6 Å². The number of nitrogens with zero attached hydrogens (tertiary/aromatic N) is 3. The van der Waals surface area contributed by atoms with E-state index in [2.05, 4.69) is 15.3 Å². The number of fused-ring (bicyclic) bond motifs is 1. The van der Waals surface area contributed by atoms with Gasteiger partial charge in [0.2, 0.25) is 5.91 Å². The average Bonchev–Trinajstić information content (AvgIpc) is 2.83. The molecule has 1 amide bonds. The van der Waals surface area contributed by atoms with E-state index in [1.807, 2.05) is 19.1 Å². The van der Waals surface area contributed by atoms with E-state index in [1.165, 1.54) is 24.0 Å². The van der Waals surface area contributed by atoms with Gasteiger partial charge in [-0.05, 0) is 24.6 Å². The first-order valence-electron chi connectivity index (χ1n) is 6.56. The van der Waals surface area contributed by atoms with Gasteiger partial charge in [0.25, 0.3) is 5.56 Å². The number of carbonyl (C=O) groups is 1. The van der Waals surface area contributed by atoms with Crippen LogP contribution < -0.4 is 10.9 Å². The third-order valence-corrected chi connectivity index (χ3v) is 4.33. The van der Waals surface area contributed by atoms with Crippen LogP contribution in [-0.4, -0.2) is 26.2 Å². The lowest BCUT2D eigenvalue weighted by Gasteiger charge is -2.12. The first kappa shape index (κ1) is 13.8. The van der Waals surface area contributed by atoms with Crippen molar-refractivity contribution >= 4 is 23.5 Å². The normalized spacial score (nSPS) is 16.5. The van der Waals surface area contributed by atoms with Crippen molar-refractivity contribution < 1.29 is 4.79 Å². The molecular weight excluding hydrogens is 288 g/mol. The van der Waals surface area contributed by atoms with Gasteiger partial charge in [-0.15, -0.1) is 0 Å². The molecule has 0 spiro atoms. The maximum Gasteiger partial charge on any atom is 0.254 e. The summed E-state index contributed by atoms with van der Waals surface area (Å²) in [5.41, 5.74) is 0.916. The highest BCUT2D eigenvalue weighted by atomic mass is 32.2. The first-order chi connectivity index (χ1) is 10.1. The molecule has 0 aromatic carbocycles. The molecule has 3 rings (SSSR count). The number of nitrogens with one attached hydrogen (secondary N) is 1. The number of pyridine rings is 1. The molecule has 6 nitrogen and oxygen atoms in total. The predicted octanol–water partition coefficient (Wildman–Crippen LogP) is 1.62. The van der Waals surface area contributed by atoms with E-state index >= 15 is 0 Å². The summed E-state index contributed by atoms with van der Waals surface area (Å²) in [7, 11) is 0. The standard InChI is InChI=1S/C14H14N4O2S/c1-9-2-4-15-11(6-9)17-12(19)7-10-8-21-14-16-5-3-13(20)18(10)14/h2-6,10H,7-8H2,1H3,(H,15,17,19). The molecule has 2 aromatic heterocycles. The Balaban J connectivity index is 1.71. The van der Waals surface area contributed by atoms with Crippen LogP contribution in [0.5, 0.6) is 0 Å². The van der Waals surface area contributed by atoms with Crippen LogP contribution in [0, 0.1) is 6.92 Å². The molecule has 108 valence electrons. The van der Waals surface area contributed by atoms with Crippen LogP contribution in [0.15, 0.2) is 40.5 Å². The Morgan fingerprint density at radius 3 is 3.05 bits per heavy atom. The number of rotatable bonds is 3. The van der Waals surface area contributed by atoms with Gasteiger partial charge in [-0.3, -0.25) is 14.2 Å². The molecule has 2 aromatic rings. The van der Waals surface area contributed by atoms with Gasteiger partial charge in [-0.2, -0.15) is 0 Å². The van der Waals surface area contributed by atoms with Crippen molar-refractivity contribution in [1.29, 1.82) is 0 Å². The van der Waals surface area contributed by atoms with Crippen LogP contribution in [-0.2, 0) is 4.79 Å². The lowest BCUT2D eigenvalue weighted by atomic mass is 10.2. The molecule has 0 saturated heterocycles. The molecule has 0 bridgehead atoms. The summed E-state index contributed by atoms with van der Waals surface area (Å²) >= 11 is 1.50. The highest BCUT2D eigenvalue weighted by Gasteiger charge is 2.26. The highest BCUT2D eigenvalue weighted by molar-refractivity contribution is 7.99. The Kier molecular flexibility index (Phi) is 3.74. The molecule has 1 N–H and O–H groups in total. The summed E-state index contributed by atoms with van der Waals surface area (Å²) in [6.07, 6.45) is 3.39. The minimum Gasteiger partial charge on any atom is -0.311 e. The number of hydrogen-bond donors (Lipinski definition) is 1. The van der Waals surface area contributed by atoms with Crippen molar-refractivity contribution in [1.82, 2.24) is 14.5 Å². The van der Waals surface area contributed by atoms with E-state index in [0.717, 1.165) is 5.56 Å². The number of aryl methyl sites for hydroxylation is 1. The van der Waals surface area contributed by atoms with Crippen molar-refractivity contribution in [2.45, 2.75) is 24.5 Å². The third kappa shape index (κ3) is 2.97. The fourth-order valence-corrected chi connectivity index (χ4v) is 3.37. The van der Waals surface area contributed by atoms with E-state index in [9.17, 15) is 9.59 Å². The minimum atomic E-state index is -0.156. The number of hydrogen-bond acceptors (Lipinski definition) is 5. The molecule has 1 atom stereocenters. The van der Waals surface area contributed by atoms with Gasteiger partial charge in [0.1, 0.15) is 5.82 Å². The lowest BCUT2D eigenvalue weighted by molar-refractivity contribution is -0.116. The van der Waals surface area contributed by atoms with Crippen LogP contribution in [0.3, 0.4) is 0 Å². The van der Waals surface area contributed by atoms with Gasteiger partial charge in [-0.1, -0.05) is 11.8 Å². The summed E-state index contributed by atoms with van der Waals surface area (Å²) in [6.45, 7) is 1.94. The Morgan fingerprint density at radius 2 is 2.24 bits per heavy atom. The van der Waals surface area contributed by atoms with Crippen LogP contribution in [0.4, 0.5) is 5.82 Å². The van der Waals surface area contributed by atoms with E-state index in [-0.39, 0.29) is 23.9 Å². The summed E-state index contributed by atoms with van der Waals surface area (Å²) in [6, 6.07) is 4.94. The number of anilines is 1. The average molecular weight is 302 g/mol. The van der Waals surface area contributed by atoms with E-state index in [1.54, 1.807) is 10.8 Å². The molecule has 0 aliphatic carbocycles. The third-order valence-electron chi connectivity index (χ3n) is 3.22. The maximum absolute atomic E-state index is 12.1. The molecule has 7 heteroatoms. The first-order valence-corrected chi connectivity index (χ1v) is 7.55. The molecule has 3 heterocycles. The summed E-state index contributed by atoms with van der Waals surface area (Å²) in [5.74, 6) is 1.06. The zero-order valence-corrected chi connectivity index (χ0v) is 12.3. The van der Waals surface area contributed by atoms with Crippen LogP contribution in [0.25, 0.3) is 0 Å². The smallest absolute Gasteiger partial charge is 0.254 e. The second kappa shape index (κ2) is 5.69. The SMILES string of the molecule is Cc1ccnc(NC(=O)CC2CSc3nccc(=O)n32)c1. The summed E-state index contributed by atoms with van der Waals surface area (Å²) < 4.78 is 1.59. The molecule has 21 heavy (non-hydrogen) atoms. The quantitative estimate of drug-likeness (QED) is 0.872. The van der Waals surface area contributed by atoms with Crippen LogP contribution in [0.2, 0.25) is 0 Å². The van der Waals surface area contributed by atoms with Crippen LogP contribution in [0.1, 0.15) is 18.0 Å². The molecule has 0 radical (unpaired) electrons. The molecule has 1 aliphatic rings. The molecule has 0 saturated carbocycles. The monoisotopic (exact) mass is 302 g/mol. The molecule has 1 aliphatic heterocycles. The van der Waals surface area contributed by atoms with Crippen LogP contribution >= 0.6 is 11.8 Å². The molecular formula is C14H14N4O2S.